The van der Waals surface area contributed by atoms with Crippen LogP contribution in [0.1, 0.15) is 31.4 Å². The number of benzene rings is 3. The molecule has 1 saturated heterocycles. The molecule has 210 valence electrons. The van der Waals surface area contributed by atoms with Crippen molar-refractivity contribution in [2.24, 2.45) is 5.92 Å². The summed E-state index contributed by atoms with van der Waals surface area (Å²) in [6, 6.07) is 23.7. The minimum absolute atomic E-state index is 0.00739. The molecule has 0 radical (unpaired) electrons. The number of carbonyl (C=O) groups excluding carboxylic acids is 2. The van der Waals surface area contributed by atoms with E-state index in [1.165, 1.54) is 12.1 Å². The van der Waals surface area contributed by atoms with Crippen LogP contribution in [0.15, 0.2) is 72.8 Å². The Morgan fingerprint density at radius 1 is 1.10 bits per heavy atom. The minimum Gasteiger partial charge on any atom is -0.497 e. The van der Waals surface area contributed by atoms with Crippen LogP contribution >= 0.6 is 0 Å². The van der Waals surface area contributed by atoms with Crippen molar-refractivity contribution in [1.82, 2.24) is 0 Å². The Morgan fingerprint density at radius 3 is 2.50 bits per heavy atom. The van der Waals surface area contributed by atoms with E-state index >= 15 is 0 Å². The molecule has 3 aromatic rings. The Labute approximate surface area is 237 Å². The zero-order chi connectivity index (χ0) is 28.7. The van der Waals surface area contributed by atoms with Gasteiger partial charge in [-0.3, -0.25) is 9.59 Å². The highest BCUT2D eigenvalue weighted by atomic mass is 28.3. The standard InChI is InChI=1S/C32H38N2O5Si/c1-21-30(40(4,5)26-15-13-25(38-3)14-16-26)29(17-18-35)39-32(21)27-11-6-7-12-28(27)34(31(32)37)20-23-9-8-10-24(19-23)33-22(2)36/h6-16,19,21,29-30,35H,17-18,20H2,1-5H3,(H,33,36)/t21-,29+,30-,32+/m0/s1. The number of nitrogens with zero attached hydrogens (tertiary/aromatic N) is 1. The van der Waals surface area contributed by atoms with Gasteiger partial charge >= 0.3 is 0 Å². The van der Waals surface area contributed by atoms with Crippen LogP contribution in [0.3, 0.4) is 0 Å². The molecule has 0 bridgehead atoms. The first-order valence-electron chi connectivity index (χ1n) is 13.8. The SMILES string of the molecule is COc1ccc([Si](C)(C)[C@@H]2[C@@H](CCO)O[C@]3(C(=O)N(Cc4cccc(NC(C)=O)c4)c4ccccc43)[C@H]2C)cc1. The van der Waals surface area contributed by atoms with Crippen molar-refractivity contribution in [2.75, 3.05) is 23.9 Å². The van der Waals surface area contributed by atoms with Gasteiger partial charge in [-0.15, -0.1) is 0 Å². The Kier molecular flexibility index (Phi) is 7.61. The molecular formula is C32H38N2O5Si. The van der Waals surface area contributed by atoms with E-state index in [9.17, 15) is 14.7 Å². The fourth-order valence-electron chi connectivity index (χ4n) is 6.96. The lowest BCUT2D eigenvalue weighted by Crippen LogP contribution is -2.51. The van der Waals surface area contributed by atoms with Gasteiger partial charge in [0.05, 0.1) is 33.5 Å². The van der Waals surface area contributed by atoms with Crippen molar-refractivity contribution in [3.8, 4) is 5.75 Å². The highest BCUT2D eigenvalue weighted by Crippen LogP contribution is 2.60. The molecule has 3 aromatic carbocycles. The predicted octanol–water partition coefficient (Wildman–Crippen LogP) is 4.80. The fourth-order valence-corrected chi connectivity index (χ4v) is 11.0. The normalized spacial score (nSPS) is 23.9. The summed E-state index contributed by atoms with van der Waals surface area (Å²) in [5, 5.41) is 14.1. The predicted molar refractivity (Wildman–Crippen MR) is 160 cm³/mol. The second-order valence-corrected chi connectivity index (χ2v) is 16.1. The Bertz CT molecular complexity index is 1410. The Hall–Kier alpha value is -3.46. The zero-order valence-electron chi connectivity index (χ0n) is 23.8. The number of aliphatic hydroxyl groups is 1. The molecule has 2 amide bonds. The third kappa shape index (κ3) is 4.64. The summed E-state index contributed by atoms with van der Waals surface area (Å²) >= 11 is 0. The summed E-state index contributed by atoms with van der Waals surface area (Å²) in [5.74, 6) is 0.482. The lowest BCUT2D eigenvalue weighted by molar-refractivity contribution is -0.146. The lowest BCUT2D eigenvalue weighted by atomic mass is 9.82. The van der Waals surface area contributed by atoms with E-state index in [0.717, 1.165) is 22.6 Å². The lowest BCUT2D eigenvalue weighted by Gasteiger charge is -2.37. The summed E-state index contributed by atoms with van der Waals surface area (Å²) in [5.41, 5.74) is 2.29. The first kappa shape index (κ1) is 28.1. The average molecular weight is 559 g/mol. The van der Waals surface area contributed by atoms with Crippen molar-refractivity contribution in [1.29, 1.82) is 0 Å². The van der Waals surface area contributed by atoms with E-state index in [0.29, 0.717) is 18.7 Å². The fraction of sp³-hybridized carbons (Fsp3) is 0.375. The number of rotatable bonds is 8. The molecule has 4 atom stereocenters. The maximum Gasteiger partial charge on any atom is 0.264 e. The molecule has 7 nitrogen and oxygen atoms in total. The largest absolute Gasteiger partial charge is 0.497 e. The van der Waals surface area contributed by atoms with E-state index < -0.39 is 13.7 Å². The molecule has 0 saturated carbocycles. The molecule has 2 heterocycles. The first-order chi connectivity index (χ1) is 19.1. The minimum atomic E-state index is -2.21. The van der Waals surface area contributed by atoms with Crippen LogP contribution in [0.5, 0.6) is 5.75 Å². The number of hydrogen-bond acceptors (Lipinski definition) is 5. The molecule has 1 fully saturated rings. The average Bonchev–Trinajstić information content (AvgIpc) is 3.36. The van der Waals surface area contributed by atoms with Gasteiger partial charge < -0.3 is 24.8 Å². The number of methoxy groups -OCH3 is 1. The second kappa shape index (κ2) is 10.8. The number of nitrogens with one attached hydrogen (secondary N) is 1. The number of hydrogen-bond donors (Lipinski definition) is 2. The van der Waals surface area contributed by atoms with Crippen LogP contribution in [0.2, 0.25) is 18.6 Å². The van der Waals surface area contributed by atoms with Crippen LogP contribution in [0, 0.1) is 5.92 Å². The highest BCUT2D eigenvalue weighted by molar-refractivity contribution is 6.91. The third-order valence-corrected chi connectivity index (χ3v) is 13.1. The quantitative estimate of drug-likeness (QED) is 0.388. The molecular weight excluding hydrogens is 520 g/mol. The number of fused-ring (bicyclic) bond motifs is 2. The molecule has 5 rings (SSSR count). The summed E-state index contributed by atoms with van der Waals surface area (Å²) in [6.07, 6.45) is 0.209. The van der Waals surface area contributed by atoms with Crippen molar-refractivity contribution in [3.63, 3.8) is 0 Å². The maximum atomic E-state index is 14.6. The smallest absolute Gasteiger partial charge is 0.264 e. The van der Waals surface area contributed by atoms with Crippen LogP contribution in [-0.4, -0.2) is 44.8 Å². The van der Waals surface area contributed by atoms with E-state index in [4.69, 9.17) is 9.47 Å². The zero-order valence-corrected chi connectivity index (χ0v) is 24.8. The highest BCUT2D eigenvalue weighted by Gasteiger charge is 2.66. The van der Waals surface area contributed by atoms with E-state index in [-0.39, 0.29) is 36.0 Å². The van der Waals surface area contributed by atoms with Gasteiger partial charge in [-0.2, -0.15) is 0 Å². The van der Waals surface area contributed by atoms with Gasteiger partial charge in [0.15, 0.2) is 5.60 Å². The summed E-state index contributed by atoms with van der Waals surface area (Å²) in [4.78, 5) is 28.0. The van der Waals surface area contributed by atoms with Crippen LogP contribution < -0.4 is 20.1 Å². The van der Waals surface area contributed by atoms with Gasteiger partial charge in [0.25, 0.3) is 5.91 Å². The van der Waals surface area contributed by atoms with Crippen molar-refractivity contribution in [2.45, 2.75) is 57.2 Å². The van der Waals surface area contributed by atoms with Crippen molar-refractivity contribution in [3.05, 3.63) is 83.9 Å². The number of carbonyl (C=O) groups is 2. The summed E-state index contributed by atoms with van der Waals surface area (Å²) < 4.78 is 12.3. The Balaban J connectivity index is 1.55. The number of aliphatic hydroxyl groups excluding tert-OH is 1. The third-order valence-electron chi connectivity index (χ3n) is 8.74. The van der Waals surface area contributed by atoms with Crippen LogP contribution in [0.4, 0.5) is 11.4 Å². The van der Waals surface area contributed by atoms with Gasteiger partial charge in [0.2, 0.25) is 5.91 Å². The molecule has 40 heavy (non-hydrogen) atoms. The molecule has 0 aliphatic carbocycles. The molecule has 1 spiro atoms. The van der Waals surface area contributed by atoms with Crippen LogP contribution in [0.25, 0.3) is 0 Å². The number of anilines is 2. The van der Waals surface area contributed by atoms with Gasteiger partial charge in [-0.25, -0.2) is 0 Å². The van der Waals surface area contributed by atoms with Gasteiger partial charge in [0, 0.05) is 30.7 Å². The molecule has 8 heteroatoms. The summed E-state index contributed by atoms with van der Waals surface area (Å²) in [7, 11) is -0.549. The van der Waals surface area contributed by atoms with Gasteiger partial charge in [0.1, 0.15) is 5.75 Å². The topological polar surface area (TPSA) is 88.1 Å². The molecule has 2 N–H and O–H groups in total. The first-order valence-corrected chi connectivity index (χ1v) is 16.9. The Morgan fingerprint density at radius 2 is 1.82 bits per heavy atom. The van der Waals surface area contributed by atoms with Crippen molar-refractivity contribution >= 4 is 36.4 Å². The van der Waals surface area contributed by atoms with Crippen molar-refractivity contribution < 1.29 is 24.2 Å². The molecule has 0 unspecified atom stereocenters. The van der Waals surface area contributed by atoms with Crippen LogP contribution in [-0.2, 0) is 26.5 Å². The van der Waals surface area contributed by atoms with E-state index in [1.54, 1.807) is 7.11 Å². The monoisotopic (exact) mass is 558 g/mol. The van der Waals surface area contributed by atoms with E-state index in [1.807, 2.05) is 65.6 Å². The molecule has 0 aromatic heterocycles. The van der Waals surface area contributed by atoms with E-state index in [2.05, 4.69) is 37.5 Å². The van der Waals surface area contributed by atoms with Gasteiger partial charge in [-0.05, 0) is 47.9 Å². The maximum absolute atomic E-state index is 14.6. The number of para-hydroxylation sites is 1. The number of amides is 2. The molecule has 2 aliphatic rings. The summed E-state index contributed by atoms with van der Waals surface area (Å²) in [6.45, 7) is 8.64. The molecule has 2 aliphatic heterocycles. The number of ether oxygens (including phenoxy) is 2. The van der Waals surface area contributed by atoms with Gasteiger partial charge in [-0.1, -0.05) is 67.7 Å². The second-order valence-electron chi connectivity index (χ2n) is 11.5.